The SMILES string of the molecule is CC(C)CC(COc1ccc(-c2ccnc(C(F)(F)F)c2)cc1C#N)NC(=O)OC(C)(C)C. The molecule has 1 atom stereocenters. The van der Waals surface area contributed by atoms with Crippen LogP contribution in [0.5, 0.6) is 5.75 Å². The Morgan fingerprint density at radius 3 is 2.39 bits per heavy atom. The van der Waals surface area contributed by atoms with E-state index in [2.05, 4.69) is 10.3 Å². The summed E-state index contributed by atoms with van der Waals surface area (Å²) in [4.78, 5) is 15.5. The van der Waals surface area contributed by atoms with Gasteiger partial charge < -0.3 is 14.8 Å². The number of nitrogens with zero attached hydrogens (tertiary/aromatic N) is 2. The molecule has 33 heavy (non-hydrogen) atoms. The minimum atomic E-state index is -4.57. The fourth-order valence-corrected chi connectivity index (χ4v) is 3.09. The second-order valence-corrected chi connectivity index (χ2v) is 9.03. The normalized spacial score (nSPS) is 12.7. The number of aromatic nitrogens is 1. The van der Waals surface area contributed by atoms with Gasteiger partial charge in [0.15, 0.2) is 0 Å². The van der Waals surface area contributed by atoms with Crippen molar-refractivity contribution < 1.29 is 27.4 Å². The Labute approximate surface area is 191 Å². The molecule has 0 saturated carbocycles. The summed E-state index contributed by atoms with van der Waals surface area (Å²) in [5.41, 5.74) is -0.778. The van der Waals surface area contributed by atoms with Gasteiger partial charge in [-0.1, -0.05) is 19.9 Å². The summed E-state index contributed by atoms with van der Waals surface area (Å²) < 4.78 is 50.0. The molecular weight excluding hydrogens is 435 g/mol. The van der Waals surface area contributed by atoms with Crippen LogP contribution in [0.1, 0.15) is 52.3 Å². The van der Waals surface area contributed by atoms with Crippen LogP contribution in [0, 0.1) is 17.2 Å². The van der Waals surface area contributed by atoms with Gasteiger partial charge in [0.2, 0.25) is 0 Å². The lowest BCUT2D eigenvalue weighted by atomic mass is 10.0. The maximum atomic E-state index is 13.0. The van der Waals surface area contributed by atoms with Gasteiger partial charge in [0, 0.05) is 6.20 Å². The van der Waals surface area contributed by atoms with E-state index in [1.54, 1.807) is 26.8 Å². The van der Waals surface area contributed by atoms with Crippen LogP contribution < -0.4 is 10.1 Å². The van der Waals surface area contributed by atoms with Gasteiger partial charge >= 0.3 is 12.3 Å². The number of pyridine rings is 1. The van der Waals surface area contributed by atoms with E-state index in [0.717, 1.165) is 12.3 Å². The standard InChI is InChI=1S/C24H28F3N3O3/c1-15(2)10-19(30-22(31)33-23(3,4)5)14-32-20-7-6-16(11-18(20)13-28)17-8-9-29-21(12-17)24(25,26)27/h6-9,11-12,15,19H,10,14H2,1-5H3,(H,30,31). The topological polar surface area (TPSA) is 84.2 Å². The third kappa shape index (κ3) is 8.29. The molecule has 1 heterocycles. The molecule has 6 nitrogen and oxygen atoms in total. The minimum Gasteiger partial charge on any atom is -0.490 e. The number of ether oxygens (including phenoxy) is 2. The number of amides is 1. The maximum Gasteiger partial charge on any atom is 0.433 e. The quantitative estimate of drug-likeness (QED) is 0.548. The van der Waals surface area contributed by atoms with E-state index < -0.39 is 23.6 Å². The van der Waals surface area contributed by atoms with Crippen LogP contribution in [0.15, 0.2) is 36.5 Å². The predicted molar refractivity (Wildman–Crippen MR) is 117 cm³/mol. The fourth-order valence-electron chi connectivity index (χ4n) is 3.09. The van der Waals surface area contributed by atoms with Crippen LogP contribution in [-0.2, 0) is 10.9 Å². The van der Waals surface area contributed by atoms with Gasteiger partial charge in [-0.2, -0.15) is 18.4 Å². The Bertz CT molecular complexity index is 1010. The second-order valence-electron chi connectivity index (χ2n) is 9.03. The van der Waals surface area contributed by atoms with Crippen molar-refractivity contribution in [3.8, 4) is 22.9 Å². The van der Waals surface area contributed by atoms with Gasteiger partial charge in [-0.25, -0.2) is 4.79 Å². The smallest absolute Gasteiger partial charge is 0.433 e. The lowest BCUT2D eigenvalue weighted by Gasteiger charge is -2.25. The van der Waals surface area contributed by atoms with E-state index in [4.69, 9.17) is 9.47 Å². The Morgan fingerprint density at radius 1 is 1.15 bits per heavy atom. The molecule has 0 aliphatic rings. The number of alkyl carbamates (subject to hydrolysis) is 1. The highest BCUT2D eigenvalue weighted by Crippen LogP contribution is 2.32. The average Bonchev–Trinajstić information content (AvgIpc) is 2.69. The molecule has 1 N–H and O–H groups in total. The van der Waals surface area contributed by atoms with Crippen molar-refractivity contribution in [1.82, 2.24) is 10.3 Å². The number of hydrogen-bond acceptors (Lipinski definition) is 5. The van der Waals surface area contributed by atoms with Crippen molar-refractivity contribution in [1.29, 1.82) is 5.26 Å². The number of nitriles is 1. The van der Waals surface area contributed by atoms with E-state index in [9.17, 15) is 23.2 Å². The summed E-state index contributed by atoms with van der Waals surface area (Å²) in [6.07, 6.45) is -3.43. The van der Waals surface area contributed by atoms with E-state index >= 15 is 0 Å². The van der Waals surface area contributed by atoms with Crippen LogP contribution in [-0.4, -0.2) is 29.3 Å². The molecule has 0 saturated heterocycles. The lowest BCUT2D eigenvalue weighted by molar-refractivity contribution is -0.141. The van der Waals surface area contributed by atoms with E-state index in [0.29, 0.717) is 12.0 Å². The van der Waals surface area contributed by atoms with Crippen LogP contribution in [0.3, 0.4) is 0 Å². The third-order valence-corrected chi connectivity index (χ3v) is 4.40. The van der Waals surface area contributed by atoms with E-state index in [1.807, 2.05) is 19.9 Å². The largest absolute Gasteiger partial charge is 0.490 e. The number of halogens is 3. The Kier molecular flexibility index (Phi) is 8.31. The first-order valence-corrected chi connectivity index (χ1v) is 10.5. The van der Waals surface area contributed by atoms with Crippen LogP contribution in [0.2, 0.25) is 0 Å². The lowest BCUT2D eigenvalue weighted by Crippen LogP contribution is -2.42. The number of nitrogens with one attached hydrogen (secondary N) is 1. The fraction of sp³-hybridized carbons (Fsp3) is 0.458. The molecule has 178 valence electrons. The molecule has 0 aliphatic carbocycles. The Morgan fingerprint density at radius 2 is 1.82 bits per heavy atom. The highest BCUT2D eigenvalue weighted by molar-refractivity contribution is 5.68. The van der Waals surface area contributed by atoms with E-state index in [-0.39, 0.29) is 35.4 Å². The van der Waals surface area contributed by atoms with Gasteiger partial charge in [0.25, 0.3) is 0 Å². The summed E-state index contributed by atoms with van der Waals surface area (Å²) >= 11 is 0. The summed E-state index contributed by atoms with van der Waals surface area (Å²) in [5, 5.41) is 12.3. The average molecular weight is 464 g/mol. The molecule has 2 aromatic rings. The zero-order valence-electron chi connectivity index (χ0n) is 19.3. The van der Waals surface area contributed by atoms with Crippen molar-refractivity contribution >= 4 is 6.09 Å². The molecule has 0 fully saturated rings. The monoisotopic (exact) mass is 463 g/mol. The molecule has 1 unspecified atom stereocenters. The number of rotatable bonds is 7. The first kappa shape index (κ1) is 26.0. The zero-order chi connectivity index (χ0) is 24.8. The molecule has 9 heteroatoms. The van der Waals surface area contributed by atoms with Gasteiger partial charge in [0.05, 0.1) is 11.6 Å². The molecule has 0 spiro atoms. The van der Waals surface area contributed by atoms with Crippen molar-refractivity contribution in [3.63, 3.8) is 0 Å². The zero-order valence-corrected chi connectivity index (χ0v) is 19.3. The van der Waals surface area contributed by atoms with Gasteiger partial charge in [0.1, 0.15) is 29.7 Å². The number of carbonyl (C=O) groups excluding carboxylic acids is 1. The molecule has 1 amide bonds. The van der Waals surface area contributed by atoms with Gasteiger partial charge in [-0.15, -0.1) is 0 Å². The maximum absolute atomic E-state index is 13.0. The molecule has 1 aromatic heterocycles. The highest BCUT2D eigenvalue weighted by atomic mass is 19.4. The van der Waals surface area contributed by atoms with Crippen LogP contribution in [0.4, 0.5) is 18.0 Å². The Balaban J connectivity index is 2.18. The number of alkyl halides is 3. The second kappa shape index (κ2) is 10.6. The Hall–Kier alpha value is -3.28. The molecule has 2 rings (SSSR count). The van der Waals surface area contributed by atoms with Gasteiger partial charge in [-0.05, 0) is 68.5 Å². The third-order valence-electron chi connectivity index (χ3n) is 4.40. The molecule has 1 aromatic carbocycles. The predicted octanol–water partition coefficient (Wildman–Crippen LogP) is 5.96. The van der Waals surface area contributed by atoms with Crippen molar-refractivity contribution in [2.75, 3.05) is 6.61 Å². The van der Waals surface area contributed by atoms with Crippen LogP contribution in [0.25, 0.3) is 11.1 Å². The minimum absolute atomic E-state index is 0.0962. The summed E-state index contributed by atoms with van der Waals surface area (Å²) in [5.74, 6) is 0.534. The van der Waals surface area contributed by atoms with Gasteiger partial charge in [-0.3, -0.25) is 4.98 Å². The van der Waals surface area contributed by atoms with Crippen molar-refractivity contribution in [2.24, 2.45) is 5.92 Å². The van der Waals surface area contributed by atoms with Crippen molar-refractivity contribution in [2.45, 2.75) is 58.9 Å². The first-order valence-electron chi connectivity index (χ1n) is 10.5. The summed E-state index contributed by atoms with van der Waals surface area (Å²) in [6.45, 7) is 9.40. The van der Waals surface area contributed by atoms with E-state index in [1.165, 1.54) is 18.2 Å². The molecule has 0 aliphatic heterocycles. The first-order chi connectivity index (χ1) is 15.3. The van der Waals surface area contributed by atoms with Crippen LogP contribution >= 0.6 is 0 Å². The van der Waals surface area contributed by atoms with Crippen molar-refractivity contribution in [3.05, 3.63) is 47.8 Å². The molecule has 0 bridgehead atoms. The number of carbonyl (C=O) groups is 1. The molecular formula is C24H28F3N3O3. The summed E-state index contributed by atoms with van der Waals surface area (Å²) in [6, 6.07) is 8.59. The summed E-state index contributed by atoms with van der Waals surface area (Å²) in [7, 11) is 0. The molecule has 0 radical (unpaired) electrons. The number of benzene rings is 1. The number of hydrogen-bond donors (Lipinski definition) is 1. The highest BCUT2D eigenvalue weighted by Gasteiger charge is 2.32.